The molecule has 0 spiro atoms. The van der Waals surface area contributed by atoms with Gasteiger partial charge in [0.1, 0.15) is 11.6 Å². The lowest BCUT2D eigenvalue weighted by atomic mass is 9.97. The van der Waals surface area contributed by atoms with Gasteiger partial charge in [0.25, 0.3) is 0 Å². The normalized spacial score (nSPS) is 12.1. The predicted molar refractivity (Wildman–Crippen MR) is 87.3 cm³/mol. The Kier molecular flexibility index (Phi) is 4.81. The van der Waals surface area contributed by atoms with Gasteiger partial charge >= 0.3 is 0 Å². The lowest BCUT2D eigenvalue weighted by molar-refractivity contribution is 0.443. The van der Waals surface area contributed by atoms with Gasteiger partial charge in [-0.15, -0.1) is 0 Å². The predicted octanol–water partition coefficient (Wildman–Crippen LogP) is 2.91. The molecule has 1 aromatic carbocycles. The van der Waals surface area contributed by atoms with E-state index in [2.05, 4.69) is 36.1 Å². The summed E-state index contributed by atoms with van der Waals surface area (Å²) in [6, 6.07) is 8.45. The number of sulfone groups is 1. The highest BCUT2D eigenvalue weighted by atomic mass is 32.2. The van der Waals surface area contributed by atoms with Gasteiger partial charge in [-0.05, 0) is 35.7 Å². The average Bonchev–Trinajstić information content (AvgIpc) is 2.45. The van der Waals surface area contributed by atoms with Crippen molar-refractivity contribution in [3.05, 3.63) is 48.5 Å². The van der Waals surface area contributed by atoms with Gasteiger partial charge in [0, 0.05) is 24.6 Å². The number of anilines is 1. The Labute approximate surface area is 131 Å². The first-order chi connectivity index (χ1) is 10.3. The molecule has 0 aliphatic rings. The number of hydrogen-bond donors (Lipinski definition) is 1. The van der Waals surface area contributed by atoms with Gasteiger partial charge in [0.2, 0.25) is 0 Å². The van der Waals surface area contributed by atoms with E-state index < -0.39 is 9.84 Å². The van der Waals surface area contributed by atoms with Crippen molar-refractivity contribution >= 4 is 15.5 Å². The lowest BCUT2D eigenvalue weighted by Crippen LogP contribution is -2.19. The van der Waals surface area contributed by atoms with Crippen LogP contribution in [0.5, 0.6) is 0 Å². The molecule has 0 aliphatic carbocycles. The summed E-state index contributed by atoms with van der Waals surface area (Å²) in [5.74, 6) is 0.111. The third-order valence-electron chi connectivity index (χ3n) is 2.97. The molecule has 0 fully saturated rings. The maximum Gasteiger partial charge on any atom is 0.185 e. The number of nitrogens with zero attached hydrogens (tertiary/aromatic N) is 2. The fraction of sp³-hybridized carbons (Fsp3) is 0.375. The highest BCUT2D eigenvalue weighted by Gasteiger charge is 2.17. The van der Waals surface area contributed by atoms with Crippen LogP contribution >= 0.6 is 0 Å². The van der Waals surface area contributed by atoms with Crippen LogP contribution in [-0.4, -0.2) is 24.9 Å². The highest BCUT2D eigenvalue weighted by Crippen LogP contribution is 2.19. The van der Waals surface area contributed by atoms with Gasteiger partial charge < -0.3 is 5.32 Å². The van der Waals surface area contributed by atoms with E-state index >= 15 is 0 Å². The molecule has 6 heteroatoms. The molecule has 1 heterocycles. The van der Waals surface area contributed by atoms with E-state index in [4.69, 9.17) is 0 Å². The molecule has 5 nitrogen and oxygen atoms in total. The van der Waals surface area contributed by atoms with E-state index in [1.165, 1.54) is 12.4 Å². The average molecular weight is 319 g/mol. The standard InChI is InChI=1S/C16H21N3O2S/c1-16(2,3)12-19-13-5-7-14(8-6-13)22(20,21)11-15-17-9-4-10-18-15/h4-10,19H,11-12H2,1-3H3. The van der Waals surface area contributed by atoms with E-state index in [9.17, 15) is 8.42 Å². The van der Waals surface area contributed by atoms with Gasteiger partial charge in [-0.3, -0.25) is 0 Å². The van der Waals surface area contributed by atoms with E-state index in [-0.39, 0.29) is 16.1 Å². The summed E-state index contributed by atoms with van der Waals surface area (Å²) in [4.78, 5) is 8.20. The molecule has 1 aromatic heterocycles. The van der Waals surface area contributed by atoms with E-state index in [0.29, 0.717) is 5.82 Å². The van der Waals surface area contributed by atoms with Crippen LogP contribution in [-0.2, 0) is 15.6 Å². The van der Waals surface area contributed by atoms with Crippen molar-refractivity contribution in [2.24, 2.45) is 5.41 Å². The molecular formula is C16H21N3O2S. The summed E-state index contributed by atoms with van der Waals surface area (Å²) >= 11 is 0. The molecule has 2 aromatic rings. The minimum Gasteiger partial charge on any atom is -0.385 e. The first-order valence-electron chi connectivity index (χ1n) is 7.09. The molecule has 0 saturated carbocycles. The third kappa shape index (κ3) is 4.80. The van der Waals surface area contributed by atoms with Crippen molar-refractivity contribution in [3.8, 4) is 0 Å². The number of rotatable bonds is 5. The fourth-order valence-corrected chi connectivity index (χ4v) is 3.01. The minimum absolute atomic E-state index is 0.162. The van der Waals surface area contributed by atoms with Crippen LogP contribution in [0.2, 0.25) is 0 Å². The first-order valence-corrected chi connectivity index (χ1v) is 8.74. The van der Waals surface area contributed by atoms with Crippen molar-refractivity contribution in [2.45, 2.75) is 31.4 Å². The van der Waals surface area contributed by atoms with Crippen LogP contribution in [0.4, 0.5) is 5.69 Å². The molecule has 0 saturated heterocycles. The van der Waals surface area contributed by atoms with Gasteiger partial charge in [0.15, 0.2) is 9.84 Å². The number of aromatic nitrogens is 2. The molecule has 0 radical (unpaired) electrons. The zero-order chi connectivity index (χ0) is 16.2. The molecule has 0 unspecified atom stereocenters. The molecule has 0 bridgehead atoms. The molecule has 118 valence electrons. The maximum absolute atomic E-state index is 12.3. The SMILES string of the molecule is CC(C)(C)CNc1ccc(S(=O)(=O)Cc2ncccn2)cc1. The number of benzene rings is 1. The van der Waals surface area contributed by atoms with Gasteiger partial charge in [0.05, 0.1) is 4.90 Å². The van der Waals surface area contributed by atoms with Crippen LogP contribution < -0.4 is 5.32 Å². The molecule has 0 atom stereocenters. The number of hydrogen-bond acceptors (Lipinski definition) is 5. The topological polar surface area (TPSA) is 72.0 Å². The third-order valence-corrected chi connectivity index (χ3v) is 4.60. The highest BCUT2D eigenvalue weighted by molar-refractivity contribution is 7.90. The van der Waals surface area contributed by atoms with Crippen molar-refractivity contribution in [2.75, 3.05) is 11.9 Å². The summed E-state index contributed by atoms with van der Waals surface area (Å²) < 4.78 is 24.7. The Balaban J connectivity index is 2.09. The second-order valence-electron chi connectivity index (χ2n) is 6.36. The minimum atomic E-state index is -3.43. The Bertz CT molecular complexity index is 705. The summed E-state index contributed by atoms with van der Waals surface area (Å²) in [5, 5.41) is 3.29. The van der Waals surface area contributed by atoms with Crippen LogP contribution in [0.15, 0.2) is 47.6 Å². The zero-order valence-electron chi connectivity index (χ0n) is 13.1. The monoisotopic (exact) mass is 319 g/mol. The van der Waals surface area contributed by atoms with E-state index in [1.54, 1.807) is 30.3 Å². The van der Waals surface area contributed by atoms with Gasteiger partial charge in [-0.25, -0.2) is 18.4 Å². The van der Waals surface area contributed by atoms with Gasteiger partial charge in [-0.1, -0.05) is 20.8 Å². The fourth-order valence-electron chi connectivity index (χ4n) is 1.81. The Morgan fingerprint density at radius 2 is 1.64 bits per heavy atom. The quantitative estimate of drug-likeness (QED) is 0.917. The Morgan fingerprint density at radius 3 is 2.18 bits per heavy atom. The molecule has 1 N–H and O–H groups in total. The molecule has 22 heavy (non-hydrogen) atoms. The van der Waals surface area contributed by atoms with Crippen LogP contribution in [0, 0.1) is 5.41 Å². The summed E-state index contributed by atoms with van der Waals surface area (Å²) in [6.07, 6.45) is 3.08. The smallest absolute Gasteiger partial charge is 0.185 e. The molecule has 0 amide bonds. The van der Waals surface area contributed by atoms with E-state index in [0.717, 1.165) is 12.2 Å². The zero-order valence-corrected chi connectivity index (χ0v) is 13.9. The summed E-state index contributed by atoms with van der Waals surface area (Å²) in [5.41, 5.74) is 1.07. The molecular weight excluding hydrogens is 298 g/mol. The summed E-state index contributed by atoms with van der Waals surface area (Å²) in [7, 11) is -3.43. The second-order valence-corrected chi connectivity index (χ2v) is 8.35. The number of nitrogens with one attached hydrogen (secondary N) is 1. The molecule has 2 rings (SSSR count). The van der Waals surface area contributed by atoms with Crippen molar-refractivity contribution in [1.82, 2.24) is 9.97 Å². The first kappa shape index (κ1) is 16.4. The van der Waals surface area contributed by atoms with Crippen molar-refractivity contribution in [1.29, 1.82) is 0 Å². The summed E-state index contributed by atoms with van der Waals surface area (Å²) in [6.45, 7) is 7.23. The maximum atomic E-state index is 12.3. The van der Waals surface area contributed by atoms with E-state index in [1.807, 2.05) is 0 Å². The Hall–Kier alpha value is -1.95. The van der Waals surface area contributed by atoms with Crippen LogP contribution in [0.25, 0.3) is 0 Å². The van der Waals surface area contributed by atoms with Crippen molar-refractivity contribution < 1.29 is 8.42 Å². The lowest BCUT2D eigenvalue weighted by Gasteiger charge is -2.19. The largest absolute Gasteiger partial charge is 0.385 e. The van der Waals surface area contributed by atoms with Crippen molar-refractivity contribution in [3.63, 3.8) is 0 Å². The molecule has 0 aliphatic heterocycles. The van der Waals surface area contributed by atoms with Gasteiger partial charge in [-0.2, -0.15) is 0 Å². The van der Waals surface area contributed by atoms with Crippen LogP contribution in [0.3, 0.4) is 0 Å². The second kappa shape index (κ2) is 6.44. The Morgan fingerprint density at radius 1 is 1.05 bits per heavy atom. The van der Waals surface area contributed by atoms with Crippen LogP contribution in [0.1, 0.15) is 26.6 Å².